The molecular weight excluding hydrogens is 362 g/mol. The van der Waals surface area contributed by atoms with E-state index in [1.807, 2.05) is 23.8 Å². The molecule has 0 saturated carbocycles. The molecule has 0 radical (unpaired) electrons. The second kappa shape index (κ2) is 7.65. The molecule has 1 fully saturated rings. The number of thiophene rings is 1. The third kappa shape index (κ3) is 4.46. The maximum absolute atomic E-state index is 12.6. The number of rotatable bonds is 7. The van der Waals surface area contributed by atoms with Gasteiger partial charge in [-0.25, -0.2) is 8.42 Å². The third-order valence-corrected chi connectivity index (χ3v) is 6.67. The Morgan fingerprint density at radius 2 is 2.32 bits per heavy atom. The summed E-state index contributed by atoms with van der Waals surface area (Å²) in [6.07, 6.45) is 1.92. The quantitative estimate of drug-likeness (QED) is 0.727. The minimum absolute atomic E-state index is 0.0563. The molecule has 1 saturated heterocycles. The van der Waals surface area contributed by atoms with Crippen LogP contribution in [0.1, 0.15) is 32.1 Å². The zero-order valence-electron chi connectivity index (χ0n) is 14.1. The summed E-state index contributed by atoms with van der Waals surface area (Å²) < 4.78 is 28.6. The van der Waals surface area contributed by atoms with Gasteiger partial charge in [0.25, 0.3) is 0 Å². The predicted octanol–water partition coefficient (Wildman–Crippen LogP) is 2.16. The van der Waals surface area contributed by atoms with Crippen LogP contribution in [0.2, 0.25) is 0 Å². The monoisotopic (exact) mass is 383 g/mol. The van der Waals surface area contributed by atoms with Crippen LogP contribution in [0.3, 0.4) is 0 Å². The number of amides is 1. The van der Waals surface area contributed by atoms with E-state index in [0.29, 0.717) is 31.1 Å². The Bertz CT molecular complexity index is 814. The second-order valence-corrected chi connectivity index (χ2v) is 9.18. The van der Waals surface area contributed by atoms with Crippen LogP contribution in [0.4, 0.5) is 0 Å². The first-order valence-corrected chi connectivity index (χ1v) is 11.1. The van der Waals surface area contributed by atoms with Crippen molar-refractivity contribution in [1.82, 2.24) is 15.0 Å². The number of carbonyl (C=O) groups is 1. The zero-order valence-corrected chi connectivity index (χ0v) is 15.7. The minimum atomic E-state index is -3.01. The highest BCUT2D eigenvalue weighted by Crippen LogP contribution is 2.21. The highest BCUT2D eigenvalue weighted by molar-refractivity contribution is 7.91. The van der Waals surface area contributed by atoms with Crippen molar-refractivity contribution in [3.05, 3.63) is 22.7 Å². The van der Waals surface area contributed by atoms with E-state index >= 15 is 0 Å². The first-order valence-electron chi connectivity index (χ1n) is 8.33. The van der Waals surface area contributed by atoms with Gasteiger partial charge in [-0.15, -0.1) is 0 Å². The molecule has 0 bridgehead atoms. The Labute approximate surface area is 151 Å². The molecule has 0 aromatic carbocycles. The number of carbonyl (C=O) groups excluding carboxylic acids is 1. The molecule has 2 aromatic rings. The Hall–Kier alpha value is -1.74. The van der Waals surface area contributed by atoms with E-state index in [-0.39, 0.29) is 29.9 Å². The number of nitrogens with zero attached hydrogens (tertiary/aromatic N) is 3. The van der Waals surface area contributed by atoms with Crippen LogP contribution in [-0.2, 0) is 21.1 Å². The van der Waals surface area contributed by atoms with E-state index in [1.165, 1.54) is 0 Å². The van der Waals surface area contributed by atoms with Crippen LogP contribution in [-0.4, -0.2) is 53.5 Å². The number of aryl methyl sites for hydroxylation is 1. The summed E-state index contributed by atoms with van der Waals surface area (Å²) >= 11 is 1.55. The van der Waals surface area contributed by atoms with Gasteiger partial charge in [0.15, 0.2) is 9.84 Å². The molecule has 3 heterocycles. The van der Waals surface area contributed by atoms with Crippen molar-refractivity contribution in [2.45, 2.75) is 38.6 Å². The average molecular weight is 383 g/mol. The van der Waals surface area contributed by atoms with Crippen LogP contribution in [0.15, 0.2) is 21.3 Å². The van der Waals surface area contributed by atoms with Crippen molar-refractivity contribution in [3.8, 4) is 11.4 Å². The number of hydrogen-bond acceptors (Lipinski definition) is 7. The van der Waals surface area contributed by atoms with Crippen molar-refractivity contribution in [3.63, 3.8) is 0 Å². The van der Waals surface area contributed by atoms with E-state index in [9.17, 15) is 13.2 Å². The summed E-state index contributed by atoms with van der Waals surface area (Å²) in [5.41, 5.74) is 0.898. The summed E-state index contributed by atoms with van der Waals surface area (Å²) in [7, 11) is -3.01. The van der Waals surface area contributed by atoms with Crippen molar-refractivity contribution in [2.24, 2.45) is 0 Å². The molecule has 25 heavy (non-hydrogen) atoms. The van der Waals surface area contributed by atoms with Gasteiger partial charge in [0.1, 0.15) is 0 Å². The molecule has 1 unspecified atom stereocenters. The largest absolute Gasteiger partial charge is 0.339 e. The molecule has 2 aromatic heterocycles. The third-order valence-electron chi connectivity index (χ3n) is 4.23. The molecule has 1 atom stereocenters. The predicted molar refractivity (Wildman–Crippen MR) is 95.0 cm³/mol. The Morgan fingerprint density at radius 1 is 1.48 bits per heavy atom. The highest BCUT2D eigenvalue weighted by atomic mass is 32.2. The number of sulfone groups is 1. The molecule has 0 spiro atoms. The lowest BCUT2D eigenvalue weighted by Crippen LogP contribution is -2.41. The van der Waals surface area contributed by atoms with Gasteiger partial charge in [-0.1, -0.05) is 12.1 Å². The van der Waals surface area contributed by atoms with Gasteiger partial charge in [0, 0.05) is 36.4 Å². The van der Waals surface area contributed by atoms with Gasteiger partial charge >= 0.3 is 0 Å². The van der Waals surface area contributed by atoms with E-state index in [0.717, 1.165) is 12.0 Å². The molecule has 7 nitrogen and oxygen atoms in total. The molecule has 136 valence electrons. The minimum Gasteiger partial charge on any atom is -0.339 e. The second-order valence-electron chi connectivity index (χ2n) is 6.17. The number of hydrogen-bond donors (Lipinski definition) is 0. The zero-order chi connectivity index (χ0) is 17.9. The molecular formula is C16H21N3O4S2. The summed E-state index contributed by atoms with van der Waals surface area (Å²) in [6.45, 7) is 2.55. The van der Waals surface area contributed by atoms with E-state index in [2.05, 4.69) is 10.1 Å². The van der Waals surface area contributed by atoms with Crippen LogP contribution in [0, 0.1) is 0 Å². The van der Waals surface area contributed by atoms with Gasteiger partial charge in [-0.05, 0) is 24.3 Å². The first-order chi connectivity index (χ1) is 12.0. The molecule has 3 rings (SSSR count). The SMILES string of the molecule is CCCN(C(=O)CCc1nc(-c2ccsc2)no1)C1CCS(=O)(=O)C1. The summed E-state index contributed by atoms with van der Waals surface area (Å²) in [6, 6.07) is 1.70. The fourth-order valence-corrected chi connectivity index (χ4v) is 5.36. The summed E-state index contributed by atoms with van der Waals surface area (Å²) in [4.78, 5) is 18.6. The standard InChI is InChI=1S/C16H21N3O4S2/c1-2-7-19(13-6-9-25(21,22)11-13)15(20)4-3-14-17-16(18-23-14)12-5-8-24-10-12/h5,8,10,13H,2-4,6-7,9,11H2,1H3. The lowest BCUT2D eigenvalue weighted by atomic mass is 10.1. The van der Waals surface area contributed by atoms with Crippen LogP contribution >= 0.6 is 11.3 Å². The van der Waals surface area contributed by atoms with E-state index in [4.69, 9.17) is 4.52 Å². The summed E-state index contributed by atoms with van der Waals surface area (Å²) in [5.74, 6) is 1.13. The van der Waals surface area contributed by atoms with Crippen molar-refractivity contribution >= 4 is 27.1 Å². The molecule has 9 heteroatoms. The molecule has 0 aliphatic carbocycles. The van der Waals surface area contributed by atoms with Gasteiger partial charge in [-0.2, -0.15) is 16.3 Å². The Morgan fingerprint density at radius 3 is 2.96 bits per heavy atom. The van der Waals surface area contributed by atoms with Crippen molar-refractivity contribution in [1.29, 1.82) is 0 Å². The fraction of sp³-hybridized carbons (Fsp3) is 0.562. The Kier molecular flexibility index (Phi) is 5.53. The normalized spacial score (nSPS) is 19.2. The first kappa shape index (κ1) is 18.1. The van der Waals surface area contributed by atoms with Crippen molar-refractivity contribution in [2.75, 3.05) is 18.1 Å². The highest BCUT2D eigenvalue weighted by Gasteiger charge is 2.34. The molecule has 1 aliphatic heterocycles. The van der Waals surface area contributed by atoms with Gasteiger partial charge in [0.2, 0.25) is 17.6 Å². The fourth-order valence-electron chi connectivity index (χ4n) is 3.00. The van der Waals surface area contributed by atoms with Gasteiger partial charge in [-0.3, -0.25) is 4.79 Å². The van der Waals surface area contributed by atoms with Gasteiger partial charge in [0.05, 0.1) is 11.5 Å². The Balaban J connectivity index is 1.60. The van der Waals surface area contributed by atoms with Crippen molar-refractivity contribution < 1.29 is 17.7 Å². The van der Waals surface area contributed by atoms with E-state index < -0.39 is 9.84 Å². The summed E-state index contributed by atoms with van der Waals surface area (Å²) in [5, 5.41) is 7.80. The number of aromatic nitrogens is 2. The smallest absolute Gasteiger partial charge is 0.227 e. The topological polar surface area (TPSA) is 93.4 Å². The lowest BCUT2D eigenvalue weighted by Gasteiger charge is -2.27. The molecule has 0 N–H and O–H groups in total. The van der Waals surface area contributed by atoms with Crippen LogP contribution in [0.5, 0.6) is 0 Å². The maximum Gasteiger partial charge on any atom is 0.227 e. The molecule has 1 aliphatic rings. The van der Waals surface area contributed by atoms with E-state index in [1.54, 1.807) is 16.2 Å². The molecule has 1 amide bonds. The lowest BCUT2D eigenvalue weighted by molar-refractivity contribution is -0.133. The average Bonchev–Trinajstić information content (AvgIpc) is 3.30. The van der Waals surface area contributed by atoms with Gasteiger partial charge < -0.3 is 9.42 Å². The van der Waals surface area contributed by atoms with Crippen LogP contribution < -0.4 is 0 Å². The maximum atomic E-state index is 12.6. The van der Waals surface area contributed by atoms with Crippen LogP contribution in [0.25, 0.3) is 11.4 Å².